The Labute approximate surface area is 170 Å². The van der Waals surface area contributed by atoms with E-state index in [1.54, 1.807) is 35.7 Å². The number of hydrogen-bond acceptors (Lipinski definition) is 4. The van der Waals surface area contributed by atoms with Crippen LogP contribution in [0.5, 0.6) is 0 Å². The van der Waals surface area contributed by atoms with E-state index in [-0.39, 0.29) is 30.3 Å². The fraction of sp³-hybridized carbons (Fsp3) is 0.190. The third-order valence-electron chi connectivity index (χ3n) is 4.39. The lowest BCUT2D eigenvalue weighted by molar-refractivity contribution is -0.121. The second-order valence-electron chi connectivity index (χ2n) is 6.53. The van der Waals surface area contributed by atoms with Crippen molar-refractivity contribution in [2.45, 2.75) is 12.8 Å². The Kier molecular flexibility index (Phi) is 6.66. The van der Waals surface area contributed by atoms with Crippen LogP contribution in [0.4, 0.5) is 8.78 Å². The zero-order valence-corrected chi connectivity index (χ0v) is 16.2. The number of aromatic nitrogens is 1. The van der Waals surface area contributed by atoms with Gasteiger partial charge in [-0.05, 0) is 35.7 Å². The second-order valence-corrected chi connectivity index (χ2v) is 7.48. The van der Waals surface area contributed by atoms with E-state index in [9.17, 15) is 18.4 Å². The largest absolute Gasteiger partial charge is 0.369 e. The summed E-state index contributed by atoms with van der Waals surface area (Å²) in [5, 5.41) is 4.85. The van der Waals surface area contributed by atoms with Crippen LogP contribution < -0.4 is 11.1 Å². The van der Waals surface area contributed by atoms with E-state index in [0.717, 1.165) is 5.56 Å². The number of nitrogens with two attached hydrogens (primary N) is 1. The average Bonchev–Trinajstić information content (AvgIpc) is 3.16. The van der Waals surface area contributed by atoms with Gasteiger partial charge in [0.15, 0.2) is 0 Å². The molecule has 3 N–H and O–H groups in total. The molecule has 0 radical (unpaired) electrons. The molecule has 0 aliphatic carbocycles. The molecule has 0 aliphatic heterocycles. The first-order chi connectivity index (χ1) is 13.9. The quantitative estimate of drug-likeness (QED) is 0.593. The predicted molar refractivity (Wildman–Crippen MR) is 106 cm³/mol. The van der Waals surface area contributed by atoms with E-state index in [1.807, 2.05) is 0 Å². The van der Waals surface area contributed by atoms with Crippen LogP contribution in [0.3, 0.4) is 0 Å². The van der Waals surface area contributed by atoms with E-state index >= 15 is 0 Å². The zero-order chi connectivity index (χ0) is 20.8. The molecule has 8 heteroatoms. The first-order valence-corrected chi connectivity index (χ1v) is 9.80. The molecular formula is C21H19F2N3O2S. The van der Waals surface area contributed by atoms with Gasteiger partial charge < -0.3 is 11.1 Å². The fourth-order valence-corrected chi connectivity index (χ4v) is 3.58. The number of thiazole rings is 1. The minimum absolute atomic E-state index is 0.0334. The smallest absolute Gasteiger partial charge is 0.270 e. The first kappa shape index (κ1) is 20.6. The maximum absolute atomic E-state index is 13.8. The highest BCUT2D eigenvalue weighted by molar-refractivity contribution is 7.09. The minimum atomic E-state index is -0.638. The van der Waals surface area contributed by atoms with E-state index in [1.165, 1.54) is 29.5 Å². The summed E-state index contributed by atoms with van der Waals surface area (Å²) in [4.78, 5) is 28.3. The molecule has 1 atom stereocenters. The number of hydrogen-bond donors (Lipinski definition) is 2. The van der Waals surface area contributed by atoms with Crippen molar-refractivity contribution in [3.8, 4) is 0 Å². The molecule has 0 aliphatic rings. The molecule has 2 aromatic carbocycles. The summed E-state index contributed by atoms with van der Waals surface area (Å²) in [7, 11) is 0. The van der Waals surface area contributed by atoms with E-state index in [0.29, 0.717) is 17.0 Å². The lowest BCUT2D eigenvalue weighted by Crippen LogP contribution is -2.37. The molecular weight excluding hydrogens is 396 g/mol. The van der Waals surface area contributed by atoms with Crippen molar-refractivity contribution >= 4 is 23.2 Å². The molecule has 3 rings (SSSR count). The topological polar surface area (TPSA) is 85.1 Å². The van der Waals surface area contributed by atoms with Gasteiger partial charge in [0.25, 0.3) is 5.91 Å². The van der Waals surface area contributed by atoms with Crippen molar-refractivity contribution in [3.63, 3.8) is 0 Å². The Morgan fingerprint density at radius 3 is 2.52 bits per heavy atom. The van der Waals surface area contributed by atoms with E-state index < -0.39 is 17.7 Å². The third kappa shape index (κ3) is 5.68. The molecule has 29 heavy (non-hydrogen) atoms. The Morgan fingerprint density at radius 2 is 1.83 bits per heavy atom. The van der Waals surface area contributed by atoms with E-state index in [2.05, 4.69) is 10.3 Å². The number of benzene rings is 2. The van der Waals surface area contributed by atoms with Crippen molar-refractivity contribution < 1.29 is 18.4 Å². The maximum atomic E-state index is 13.8. The molecule has 3 aromatic rings. The second kappa shape index (κ2) is 9.38. The van der Waals surface area contributed by atoms with Gasteiger partial charge in [-0.3, -0.25) is 9.59 Å². The van der Waals surface area contributed by atoms with Gasteiger partial charge in [-0.1, -0.05) is 30.3 Å². The van der Waals surface area contributed by atoms with Crippen molar-refractivity contribution in [1.29, 1.82) is 0 Å². The summed E-state index contributed by atoms with van der Waals surface area (Å²) in [5.41, 5.74) is 6.87. The van der Waals surface area contributed by atoms with Crippen molar-refractivity contribution in [2.24, 2.45) is 11.7 Å². The van der Waals surface area contributed by atoms with Crippen LogP contribution in [0.2, 0.25) is 0 Å². The van der Waals surface area contributed by atoms with Gasteiger partial charge in [0.05, 0.1) is 10.9 Å². The summed E-state index contributed by atoms with van der Waals surface area (Å²) in [5.74, 6) is -2.33. The van der Waals surface area contributed by atoms with Gasteiger partial charge >= 0.3 is 0 Å². The third-order valence-corrected chi connectivity index (χ3v) is 5.24. The standard InChI is InChI=1S/C21H19F2N3O2S/c22-16-7-5-13(6-8-16)9-15(20(24)27)11-25-21(28)18-12-29-19(26-18)10-14-3-1-2-4-17(14)23/h1-8,12,15H,9-11H2,(H2,24,27)(H,25,28). The monoisotopic (exact) mass is 415 g/mol. The average molecular weight is 415 g/mol. The molecule has 1 unspecified atom stereocenters. The van der Waals surface area contributed by atoms with Crippen LogP contribution in [0.25, 0.3) is 0 Å². The minimum Gasteiger partial charge on any atom is -0.369 e. The normalized spacial score (nSPS) is 11.8. The number of primary amides is 1. The summed E-state index contributed by atoms with van der Waals surface area (Å²) in [6.07, 6.45) is 0.574. The van der Waals surface area contributed by atoms with Crippen molar-refractivity contribution in [3.05, 3.63) is 87.4 Å². The molecule has 0 fully saturated rings. The molecule has 2 amide bonds. The molecule has 1 aromatic heterocycles. The highest BCUT2D eigenvalue weighted by atomic mass is 32.1. The highest BCUT2D eigenvalue weighted by Gasteiger charge is 2.19. The number of rotatable bonds is 8. The molecule has 150 valence electrons. The molecule has 0 bridgehead atoms. The lowest BCUT2D eigenvalue weighted by Gasteiger charge is -2.14. The Bertz CT molecular complexity index is 1010. The first-order valence-electron chi connectivity index (χ1n) is 8.92. The van der Waals surface area contributed by atoms with Crippen LogP contribution in [-0.2, 0) is 17.6 Å². The Balaban J connectivity index is 1.59. The van der Waals surface area contributed by atoms with Crippen LogP contribution in [-0.4, -0.2) is 23.3 Å². The van der Waals surface area contributed by atoms with Crippen LogP contribution in [0.1, 0.15) is 26.6 Å². The van der Waals surface area contributed by atoms with Crippen LogP contribution in [0.15, 0.2) is 53.9 Å². The molecule has 5 nitrogen and oxygen atoms in total. The molecule has 0 saturated heterocycles. The molecule has 0 spiro atoms. The zero-order valence-electron chi connectivity index (χ0n) is 15.4. The van der Waals surface area contributed by atoms with Gasteiger partial charge in [-0.15, -0.1) is 11.3 Å². The predicted octanol–water partition coefficient (Wildman–Crippen LogP) is 3.09. The molecule has 1 heterocycles. The summed E-state index contributed by atoms with van der Waals surface area (Å²) in [6.45, 7) is 0.0334. The van der Waals surface area contributed by atoms with Gasteiger partial charge in [0, 0.05) is 18.3 Å². The number of carbonyl (C=O) groups excluding carboxylic acids is 2. The fourth-order valence-electron chi connectivity index (χ4n) is 2.79. The van der Waals surface area contributed by atoms with Gasteiger partial charge in [0.1, 0.15) is 17.3 Å². The maximum Gasteiger partial charge on any atom is 0.270 e. The Morgan fingerprint density at radius 1 is 1.10 bits per heavy atom. The Hall–Kier alpha value is -3.13. The summed E-state index contributed by atoms with van der Waals surface area (Å²) in [6, 6.07) is 12.2. The lowest BCUT2D eigenvalue weighted by atomic mass is 9.98. The van der Waals surface area contributed by atoms with E-state index in [4.69, 9.17) is 5.73 Å². The summed E-state index contributed by atoms with van der Waals surface area (Å²) >= 11 is 1.26. The van der Waals surface area contributed by atoms with Gasteiger partial charge in [-0.2, -0.15) is 0 Å². The number of carbonyl (C=O) groups is 2. The van der Waals surface area contributed by atoms with Crippen LogP contribution >= 0.6 is 11.3 Å². The number of nitrogens with one attached hydrogen (secondary N) is 1. The van der Waals surface area contributed by atoms with Gasteiger partial charge in [-0.25, -0.2) is 13.8 Å². The number of halogens is 2. The van der Waals surface area contributed by atoms with Crippen molar-refractivity contribution in [1.82, 2.24) is 10.3 Å². The number of amides is 2. The SMILES string of the molecule is NC(=O)C(CNC(=O)c1csc(Cc2ccccc2F)n1)Cc1ccc(F)cc1. The highest BCUT2D eigenvalue weighted by Crippen LogP contribution is 2.17. The number of nitrogens with zero attached hydrogens (tertiary/aromatic N) is 1. The van der Waals surface area contributed by atoms with Crippen LogP contribution in [0, 0.1) is 17.6 Å². The van der Waals surface area contributed by atoms with Crippen molar-refractivity contribution in [2.75, 3.05) is 6.54 Å². The summed E-state index contributed by atoms with van der Waals surface area (Å²) < 4.78 is 26.8. The molecule has 0 saturated carbocycles. The van der Waals surface area contributed by atoms with Gasteiger partial charge in [0.2, 0.25) is 5.91 Å².